The lowest BCUT2D eigenvalue weighted by Gasteiger charge is -2.06. The van der Waals surface area contributed by atoms with Crippen molar-refractivity contribution in [3.63, 3.8) is 0 Å². The highest BCUT2D eigenvalue weighted by Gasteiger charge is 2.28. The number of nitrogens with one attached hydrogen (secondary N) is 1. The van der Waals surface area contributed by atoms with Gasteiger partial charge in [0, 0.05) is 5.56 Å². The third-order valence-corrected chi connectivity index (χ3v) is 3.75. The first kappa shape index (κ1) is 16.6. The Balaban J connectivity index is 2.70. The third kappa shape index (κ3) is 3.34. The summed E-state index contributed by atoms with van der Waals surface area (Å²) >= 11 is 12.1. The molecule has 0 aliphatic rings. The molecule has 0 saturated carbocycles. The Bertz CT molecular complexity index is 812. The van der Waals surface area contributed by atoms with Crippen LogP contribution in [0.3, 0.4) is 0 Å². The van der Waals surface area contributed by atoms with Crippen molar-refractivity contribution in [3.8, 4) is 11.3 Å². The zero-order valence-electron chi connectivity index (χ0n) is 11.4. The van der Waals surface area contributed by atoms with E-state index in [1.165, 1.54) is 0 Å². The standard InChI is InChI=1S/C12H10Cl2N2O5S/c1-20-12(17)9-10(8-6(13)4-3-5-7(8)14)15-21-11(9)16-22(2,18)19/h3-5,16H,1-2H3. The van der Waals surface area contributed by atoms with Crippen LogP contribution in [0.25, 0.3) is 11.3 Å². The lowest BCUT2D eigenvalue weighted by Crippen LogP contribution is -2.13. The van der Waals surface area contributed by atoms with Crippen LogP contribution >= 0.6 is 23.2 Å². The molecular formula is C12H10Cl2N2O5S. The molecule has 2 aromatic rings. The first-order valence-corrected chi connectivity index (χ1v) is 8.39. The molecule has 7 nitrogen and oxygen atoms in total. The van der Waals surface area contributed by atoms with Gasteiger partial charge in [-0.1, -0.05) is 34.4 Å². The fraction of sp³-hybridized carbons (Fsp3) is 0.167. The van der Waals surface area contributed by atoms with Gasteiger partial charge in [-0.3, -0.25) is 4.72 Å². The number of anilines is 1. The van der Waals surface area contributed by atoms with Crippen molar-refractivity contribution in [2.24, 2.45) is 0 Å². The molecule has 0 spiro atoms. The number of methoxy groups -OCH3 is 1. The molecule has 1 heterocycles. The van der Waals surface area contributed by atoms with E-state index in [1.807, 2.05) is 0 Å². The van der Waals surface area contributed by atoms with Gasteiger partial charge in [0.25, 0.3) is 5.88 Å². The molecule has 10 heteroatoms. The number of esters is 1. The quantitative estimate of drug-likeness (QED) is 0.837. The minimum atomic E-state index is -3.69. The minimum absolute atomic E-state index is 0.0198. The maximum absolute atomic E-state index is 12.0. The number of carbonyl (C=O) groups excluding carboxylic acids is 1. The maximum atomic E-state index is 12.0. The third-order valence-electron chi connectivity index (χ3n) is 2.56. The van der Waals surface area contributed by atoms with Gasteiger partial charge in [-0.2, -0.15) is 0 Å². The highest BCUT2D eigenvalue weighted by Crippen LogP contribution is 2.38. The first-order chi connectivity index (χ1) is 10.2. The van der Waals surface area contributed by atoms with Crippen LogP contribution in [-0.2, 0) is 14.8 Å². The van der Waals surface area contributed by atoms with E-state index < -0.39 is 16.0 Å². The van der Waals surface area contributed by atoms with Gasteiger partial charge in [-0.05, 0) is 12.1 Å². The van der Waals surface area contributed by atoms with Crippen molar-refractivity contribution in [1.82, 2.24) is 5.16 Å². The van der Waals surface area contributed by atoms with E-state index in [2.05, 4.69) is 14.6 Å². The molecule has 2 rings (SSSR count). The second-order valence-electron chi connectivity index (χ2n) is 4.20. The van der Waals surface area contributed by atoms with Crippen LogP contribution < -0.4 is 4.72 Å². The van der Waals surface area contributed by atoms with E-state index in [0.717, 1.165) is 13.4 Å². The van der Waals surface area contributed by atoms with Gasteiger partial charge in [-0.25, -0.2) is 13.2 Å². The van der Waals surface area contributed by atoms with Crippen LogP contribution in [0.15, 0.2) is 22.7 Å². The zero-order valence-corrected chi connectivity index (χ0v) is 13.7. The molecule has 1 aromatic heterocycles. The highest BCUT2D eigenvalue weighted by molar-refractivity contribution is 7.92. The largest absolute Gasteiger partial charge is 0.465 e. The highest BCUT2D eigenvalue weighted by atomic mass is 35.5. The number of rotatable bonds is 4. The number of hydrogen-bond donors (Lipinski definition) is 1. The van der Waals surface area contributed by atoms with Crippen molar-refractivity contribution in [3.05, 3.63) is 33.8 Å². The van der Waals surface area contributed by atoms with Gasteiger partial charge >= 0.3 is 5.97 Å². The summed E-state index contributed by atoms with van der Waals surface area (Å²) in [7, 11) is -2.55. The van der Waals surface area contributed by atoms with E-state index in [9.17, 15) is 13.2 Å². The Hall–Kier alpha value is -1.77. The predicted molar refractivity (Wildman–Crippen MR) is 81.8 cm³/mol. The van der Waals surface area contributed by atoms with Crippen molar-refractivity contribution >= 4 is 45.1 Å². The molecule has 1 aromatic carbocycles. The summed E-state index contributed by atoms with van der Waals surface area (Å²) in [5.41, 5.74) is -0.00643. The predicted octanol–water partition coefficient (Wildman–Crippen LogP) is 2.81. The van der Waals surface area contributed by atoms with E-state index in [-0.39, 0.29) is 32.8 Å². The number of hydrogen-bond acceptors (Lipinski definition) is 6. The molecule has 0 fully saturated rings. The molecule has 0 radical (unpaired) electrons. The SMILES string of the molecule is COC(=O)c1c(-c2c(Cl)cccc2Cl)noc1NS(C)(=O)=O. The molecule has 0 bridgehead atoms. The zero-order chi connectivity index (χ0) is 16.5. The number of nitrogens with zero attached hydrogens (tertiary/aromatic N) is 1. The summed E-state index contributed by atoms with van der Waals surface area (Å²) in [5.74, 6) is -1.22. The van der Waals surface area contributed by atoms with Crippen LogP contribution in [0.1, 0.15) is 10.4 Å². The second-order valence-corrected chi connectivity index (χ2v) is 6.76. The first-order valence-electron chi connectivity index (χ1n) is 5.74. The van der Waals surface area contributed by atoms with Crippen LogP contribution in [0.2, 0.25) is 10.0 Å². The van der Waals surface area contributed by atoms with Crippen LogP contribution in [0, 0.1) is 0 Å². The summed E-state index contributed by atoms with van der Waals surface area (Å²) in [6, 6.07) is 4.70. The number of carbonyl (C=O) groups is 1. The lowest BCUT2D eigenvalue weighted by molar-refractivity contribution is 0.0602. The molecule has 22 heavy (non-hydrogen) atoms. The fourth-order valence-corrected chi connectivity index (χ4v) is 2.77. The van der Waals surface area contributed by atoms with E-state index >= 15 is 0 Å². The Kier molecular flexibility index (Phi) is 4.64. The van der Waals surface area contributed by atoms with Gasteiger partial charge < -0.3 is 9.26 Å². The molecule has 0 unspecified atom stereocenters. The molecule has 0 atom stereocenters. The Morgan fingerprint density at radius 2 is 1.91 bits per heavy atom. The number of ether oxygens (including phenoxy) is 1. The minimum Gasteiger partial charge on any atom is -0.465 e. The van der Waals surface area contributed by atoms with Crippen LogP contribution in [-0.4, -0.2) is 32.9 Å². The Morgan fingerprint density at radius 1 is 1.32 bits per heavy atom. The fourth-order valence-electron chi connectivity index (χ4n) is 1.71. The van der Waals surface area contributed by atoms with Crippen molar-refractivity contribution < 1.29 is 22.5 Å². The Labute approximate surface area is 136 Å². The van der Waals surface area contributed by atoms with Gasteiger partial charge in [0.1, 0.15) is 5.69 Å². The molecule has 0 amide bonds. The van der Waals surface area contributed by atoms with E-state index in [0.29, 0.717) is 0 Å². The van der Waals surface area contributed by atoms with Crippen LogP contribution in [0.5, 0.6) is 0 Å². The average molecular weight is 365 g/mol. The molecule has 0 aliphatic heterocycles. The summed E-state index contributed by atoms with van der Waals surface area (Å²) in [5, 5.41) is 4.13. The molecule has 1 N–H and O–H groups in total. The molecule has 0 aliphatic carbocycles. The summed E-state index contributed by atoms with van der Waals surface area (Å²) < 4.78 is 34.3. The molecule has 118 valence electrons. The van der Waals surface area contributed by atoms with E-state index in [1.54, 1.807) is 18.2 Å². The number of aromatic nitrogens is 1. The maximum Gasteiger partial charge on any atom is 0.345 e. The van der Waals surface area contributed by atoms with Gasteiger partial charge in [-0.15, -0.1) is 0 Å². The van der Waals surface area contributed by atoms with Crippen molar-refractivity contribution in [1.29, 1.82) is 0 Å². The van der Waals surface area contributed by atoms with Crippen molar-refractivity contribution in [2.75, 3.05) is 18.1 Å². The molecular weight excluding hydrogens is 355 g/mol. The summed E-state index contributed by atoms with van der Waals surface area (Å²) in [6.07, 6.45) is 0.902. The average Bonchev–Trinajstić information content (AvgIpc) is 2.79. The van der Waals surface area contributed by atoms with Gasteiger partial charge in [0.15, 0.2) is 5.56 Å². The molecule has 0 saturated heterocycles. The van der Waals surface area contributed by atoms with Gasteiger partial charge in [0.2, 0.25) is 10.0 Å². The van der Waals surface area contributed by atoms with Crippen molar-refractivity contribution in [2.45, 2.75) is 0 Å². The number of sulfonamides is 1. The van der Waals surface area contributed by atoms with Gasteiger partial charge in [0.05, 0.1) is 23.4 Å². The number of benzene rings is 1. The summed E-state index contributed by atoms with van der Waals surface area (Å²) in [6.45, 7) is 0. The van der Waals surface area contributed by atoms with Crippen LogP contribution in [0.4, 0.5) is 5.88 Å². The Morgan fingerprint density at radius 3 is 2.41 bits per heavy atom. The summed E-state index contributed by atoms with van der Waals surface area (Å²) in [4.78, 5) is 12.0. The smallest absolute Gasteiger partial charge is 0.345 e. The lowest BCUT2D eigenvalue weighted by atomic mass is 10.1. The van der Waals surface area contributed by atoms with E-state index in [4.69, 9.17) is 27.7 Å². The topological polar surface area (TPSA) is 98.5 Å². The normalized spacial score (nSPS) is 11.3. The second kappa shape index (κ2) is 6.15. The monoisotopic (exact) mass is 364 g/mol. The number of halogens is 2.